The summed E-state index contributed by atoms with van der Waals surface area (Å²) >= 11 is 0. The van der Waals surface area contributed by atoms with Crippen molar-refractivity contribution in [1.82, 2.24) is 0 Å². The van der Waals surface area contributed by atoms with E-state index in [1.165, 1.54) is 173 Å². The van der Waals surface area contributed by atoms with Gasteiger partial charge in [0.15, 0.2) is 6.29 Å². The van der Waals surface area contributed by atoms with Crippen LogP contribution in [-0.2, 0) is 38.3 Å². The number of aliphatic hydroxyl groups is 3. The molecule has 13 heteroatoms. The molecule has 0 spiro atoms. The first kappa shape index (κ1) is 68.1. The lowest BCUT2D eigenvalue weighted by molar-refractivity contribution is -0.301. The zero-order valence-corrected chi connectivity index (χ0v) is 46.6. The predicted molar refractivity (Wildman–Crippen MR) is 294 cm³/mol. The van der Waals surface area contributed by atoms with E-state index in [1.807, 2.05) is 0 Å². The summed E-state index contributed by atoms with van der Waals surface area (Å²) in [6, 6.07) is 0. The maximum atomic E-state index is 13.0. The first-order valence-electron chi connectivity index (χ1n) is 29.4. The van der Waals surface area contributed by atoms with Gasteiger partial charge in [-0.15, -0.1) is 0 Å². The highest BCUT2D eigenvalue weighted by molar-refractivity contribution is 7.80. The van der Waals surface area contributed by atoms with Crippen LogP contribution in [0.3, 0.4) is 0 Å². The minimum atomic E-state index is -5.07. The summed E-state index contributed by atoms with van der Waals surface area (Å²) in [5, 5.41) is 30.8. The highest BCUT2D eigenvalue weighted by Crippen LogP contribution is 2.26. The number of rotatable bonds is 52. The van der Waals surface area contributed by atoms with Crippen molar-refractivity contribution < 1.29 is 56.2 Å². The van der Waals surface area contributed by atoms with Crippen LogP contribution in [-0.4, -0.2) is 97.5 Å². The van der Waals surface area contributed by atoms with E-state index in [-0.39, 0.29) is 19.6 Å². The molecule has 4 N–H and O–H groups in total. The molecule has 0 bridgehead atoms. The monoisotopic (exact) mass is 1040 g/mol. The van der Waals surface area contributed by atoms with Crippen LogP contribution in [0.25, 0.3) is 0 Å². The van der Waals surface area contributed by atoms with E-state index in [4.69, 9.17) is 18.9 Å². The van der Waals surface area contributed by atoms with Gasteiger partial charge in [0.05, 0.1) is 19.8 Å². The third kappa shape index (κ3) is 42.3. The van der Waals surface area contributed by atoms with Gasteiger partial charge in [0.2, 0.25) is 0 Å². The molecule has 0 saturated carbocycles. The number of unbranched alkanes of at least 4 members (excludes halogenated alkanes) is 31. The number of aliphatic hydroxyl groups excluding tert-OH is 3. The van der Waals surface area contributed by atoms with Crippen LogP contribution in [0.4, 0.5) is 0 Å². The van der Waals surface area contributed by atoms with Gasteiger partial charge >= 0.3 is 16.4 Å². The maximum absolute atomic E-state index is 13.0. The molecule has 1 aliphatic rings. The third-order valence-electron chi connectivity index (χ3n) is 13.4. The summed E-state index contributed by atoms with van der Waals surface area (Å²) in [4.78, 5) is 13.0. The second-order valence-corrected chi connectivity index (χ2v) is 21.3. The molecule has 1 rings (SSSR count). The second kappa shape index (κ2) is 49.9. The van der Waals surface area contributed by atoms with Crippen molar-refractivity contribution in [1.29, 1.82) is 0 Å². The van der Waals surface area contributed by atoms with E-state index >= 15 is 0 Å². The molecule has 0 aromatic carbocycles. The van der Waals surface area contributed by atoms with E-state index < -0.39 is 59.8 Å². The van der Waals surface area contributed by atoms with Crippen LogP contribution in [0.15, 0.2) is 48.6 Å². The second-order valence-electron chi connectivity index (χ2n) is 20.2. The van der Waals surface area contributed by atoms with E-state index in [1.54, 1.807) is 0 Å². The Hall–Kier alpha value is -1.94. The summed E-state index contributed by atoms with van der Waals surface area (Å²) in [7, 11) is -5.07. The van der Waals surface area contributed by atoms with Crippen LogP contribution in [0.2, 0.25) is 0 Å². The Balaban J connectivity index is 2.31. The van der Waals surface area contributed by atoms with E-state index in [0.29, 0.717) is 13.0 Å². The van der Waals surface area contributed by atoms with Crippen molar-refractivity contribution in [3.63, 3.8) is 0 Å². The summed E-state index contributed by atoms with van der Waals surface area (Å²) in [5.74, 6) is -0.401. The van der Waals surface area contributed by atoms with E-state index in [9.17, 15) is 33.1 Å². The minimum Gasteiger partial charge on any atom is -0.457 e. The maximum Gasteiger partial charge on any atom is 0.397 e. The van der Waals surface area contributed by atoms with Crippen LogP contribution < -0.4 is 0 Å². The number of carbonyl (C=O) groups is 1. The van der Waals surface area contributed by atoms with Crippen LogP contribution >= 0.6 is 0 Å². The zero-order chi connectivity index (χ0) is 52.4. The number of hydrogen-bond donors (Lipinski definition) is 4. The first-order valence-corrected chi connectivity index (χ1v) is 30.8. The smallest absolute Gasteiger partial charge is 0.397 e. The molecule has 0 radical (unpaired) electrons. The molecule has 1 heterocycles. The fraction of sp³-hybridized carbons (Fsp3) is 0.847. The van der Waals surface area contributed by atoms with Crippen molar-refractivity contribution in [2.24, 2.45) is 0 Å². The molecule has 1 fully saturated rings. The average molecular weight is 1040 g/mol. The standard InChI is InChI=1S/C59H108O12S/c1-3-5-7-9-11-13-15-17-19-21-23-25-27-28-30-32-34-36-38-40-42-44-46-48-55(61)69-53(52-68-59-57(63)58(71-72(64,65)66)56(62)54(50-60)70-59)51-67-49-47-45-43-41-39-37-35-33-31-29-26-24-22-20-18-16-14-12-10-8-6-4-2/h16,18,21-24,29,31,53-54,56-60,62-63H,3-15,17,19-20,25-28,30,32-52H2,1-2H3,(H,64,65,66)/b18-16-,23-21-,24-22-,31-29-. The van der Waals surface area contributed by atoms with E-state index in [2.05, 4.69) is 66.6 Å². The molecule has 0 amide bonds. The van der Waals surface area contributed by atoms with Gasteiger partial charge in [-0.1, -0.05) is 223 Å². The van der Waals surface area contributed by atoms with Crippen LogP contribution in [0.1, 0.15) is 258 Å². The molecular formula is C59H108O12S. The number of carbonyl (C=O) groups excluding carboxylic acids is 1. The Morgan fingerprint density at radius 2 is 0.917 bits per heavy atom. The molecule has 6 unspecified atom stereocenters. The molecule has 6 atom stereocenters. The Kier molecular flexibility index (Phi) is 47.2. The summed E-state index contributed by atoms with van der Waals surface area (Å²) < 4.78 is 59.4. The average Bonchev–Trinajstić information content (AvgIpc) is 3.36. The van der Waals surface area contributed by atoms with Gasteiger partial charge < -0.3 is 34.3 Å². The minimum absolute atomic E-state index is 0.0294. The molecular weight excluding hydrogens is 933 g/mol. The fourth-order valence-electron chi connectivity index (χ4n) is 8.97. The van der Waals surface area contributed by atoms with Crippen molar-refractivity contribution >= 4 is 16.4 Å². The number of hydrogen-bond acceptors (Lipinski definition) is 11. The molecule has 0 aromatic rings. The van der Waals surface area contributed by atoms with Crippen molar-refractivity contribution in [2.45, 2.75) is 295 Å². The lowest BCUT2D eigenvalue weighted by Gasteiger charge is -2.41. The molecule has 0 aliphatic carbocycles. The lowest BCUT2D eigenvalue weighted by atomic mass is 9.99. The summed E-state index contributed by atoms with van der Waals surface area (Å²) in [6.45, 7) is 4.00. The largest absolute Gasteiger partial charge is 0.457 e. The summed E-state index contributed by atoms with van der Waals surface area (Å²) in [6.07, 6.45) is 54.3. The number of allylic oxidation sites excluding steroid dienone is 8. The van der Waals surface area contributed by atoms with Gasteiger partial charge in [0, 0.05) is 13.0 Å². The van der Waals surface area contributed by atoms with Gasteiger partial charge in [0.25, 0.3) is 0 Å². The Morgan fingerprint density at radius 1 is 0.528 bits per heavy atom. The molecule has 12 nitrogen and oxygen atoms in total. The van der Waals surface area contributed by atoms with Crippen molar-refractivity contribution in [3.8, 4) is 0 Å². The highest BCUT2D eigenvalue weighted by atomic mass is 32.3. The van der Waals surface area contributed by atoms with Gasteiger partial charge in [-0.25, -0.2) is 4.18 Å². The molecule has 1 saturated heterocycles. The lowest BCUT2D eigenvalue weighted by Crippen LogP contribution is -2.60. The first-order chi connectivity index (χ1) is 35.1. The van der Waals surface area contributed by atoms with Gasteiger partial charge in [-0.2, -0.15) is 8.42 Å². The molecule has 1 aliphatic heterocycles. The van der Waals surface area contributed by atoms with Crippen LogP contribution in [0, 0.1) is 0 Å². The number of ether oxygens (including phenoxy) is 4. The Bertz CT molecular complexity index is 1430. The number of esters is 1. The highest BCUT2D eigenvalue weighted by Gasteiger charge is 2.48. The zero-order valence-electron chi connectivity index (χ0n) is 45.7. The Labute approximate surface area is 440 Å². The quantitative estimate of drug-likeness (QED) is 0.0196. The fourth-order valence-corrected chi connectivity index (χ4v) is 9.48. The van der Waals surface area contributed by atoms with E-state index in [0.717, 1.165) is 57.8 Å². The van der Waals surface area contributed by atoms with Crippen LogP contribution in [0.5, 0.6) is 0 Å². The molecule has 72 heavy (non-hydrogen) atoms. The van der Waals surface area contributed by atoms with Crippen molar-refractivity contribution in [2.75, 3.05) is 26.4 Å². The van der Waals surface area contributed by atoms with Gasteiger partial charge in [-0.05, 0) is 77.0 Å². The Morgan fingerprint density at radius 3 is 1.35 bits per heavy atom. The molecule has 422 valence electrons. The molecule has 0 aromatic heterocycles. The predicted octanol–water partition coefficient (Wildman–Crippen LogP) is 14.6. The van der Waals surface area contributed by atoms with Gasteiger partial charge in [0.1, 0.15) is 30.5 Å². The normalized spacial score (nSPS) is 19.2. The SMILES string of the molecule is CCCCCCC/C=C\C/C=C\C/C=C\CCCCCCCCCOCC(COC1OC(CO)C(O)C(OS(=O)(=O)O)C1O)OC(=O)CCCCCCCCCCCCC/C=C\CCCCCCCCCC. The summed E-state index contributed by atoms with van der Waals surface area (Å²) in [5.41, 5.74) is 0. The third-order valence-corrected chi connectivity index (χ3v) is 13.9. The van der Waals surface area contributed by atoms with Gasteiger partial charge in [-0.3, -0.25) is 9.35 Å². The van der Waals surface area contributed by atoms with Crippen molar-refractivity contribution in [3.05, 3.63) is 48.6 Å². The topological polar surface area (TPSA) is 178 Å².